The lowest BCUT2D eigenvalue weighted by molar-refractivity contribution is -0.379. The van der Waals surface area contributed by atoms with Gasteiger partial charge in [0.25, 0.3) is 0 Å². The second-order valence-electron chi connectivity index (χ2n) is 25.7. The fourth-order valence-electron chi connectivity index (χ4n) is 11.5. The molecule has 3 fully saturated rings. The Morgan fingerprint density at radius 2 is 0.939 bits per heavy atom. The number of carbonyl (C=O) groups excluding carboxylic acids is 4. The van der Waals surface area contributed by atoms with Gasteiger partial charge in [-0.1, -0.05) is 154 Å². The Bertz CT molecular complexity index is 2200. The summed E-state index contributed by atoms with van der Waals surface area (Å²) in [6.07, 6.45) is 9.95. The molecule has 572 valence electrons. The van der Waals surface area contributed by atoms with Crippen LogP contribution < -0.4 is 10.6 Å². The third-order valence-electron chi connectivity index (χ3n) is 17.5. The Balaban J connectivity index is 1.40. The Kier molecular flexibility index (Phi) is 48.7. The molecule has 0 radical (unpaired) electrons. The van der Waals surface area contributed by atoms with Gasteiger partial charge in [0.1, 0.15) is 79.9 Å². The van der Waals surface area contributed by atoms with E-state index in [1.165, 1.54) is 64.2 Å². The SMILES string of the molecule is CCCCCCCC/C=C\CCCCCCCC(=O)O[C@H](COC(=O)C(/C=C\CCCCCCCC)CCCCCC)COP(=O)(OC)OCCNC(=O)CCCCC(=O)NCCCO[C@@H]1OC(CO)[C@@H](O[C@@H]2OC(CO)[C@H](O[C@H]3OC(CO)[C@H](O)[C@H](O)C3O)[C@H](O)C2O)[C@H](O)C1O. The summed E-state index contributed by atoms with van der Waals surface area (Å²) < 4.78 is 74.9. The average molecular weight is 1430 g/mol. The zero-order valence-electron chi connectivity index (χ0n) is 58.9. The highest BCUT2D eigenvalue weighted by Gasteiger charge is 2.53. The number of hydrogen-bond acceptors (Lipinski definition) is 26. The molecule has 3 aliphatic rings. The van der Waals surface area contributed by atoms with Crippen molar-refractivity contribution in [1.82, 2.24) is 10.6 Å². The normalized spacial score (nSPS) is 27.2. The number of rotatable bonds is 57. The van der Waals surface area contributed by atoms with Crippen LogP contribution in [0.25, 0.3) is 0 Å². The summed E-state index contributed by atoms with van der Waals surface area (Å²) in [5.41, 5.74) is 0. The van der Waals surface area contributed by atoms with Crippen molar-refractivity contribution in [3.05, 3.63) is 24.3 Å². The van der Waals surface area contributed by atoms with Gasteiger partial charge in [-0.05, 0) is 70.6 Å². The minimum absolute atomic E-state index is 0.0660. The maximum atomic E-state index is 13.6. The zero-order valence-corrected chi connectivity index (χ0v) is 59.8. The number of unbranched alkanes of at least 4 members (excludes halogenated alkanes) is 21. The fourth-order valence-corrected chi connectivity index (χ4v) is 12.4. The molecule has 0 aromatic carbocycles. The molecular formula is C69H125N2O26P. The summed E-state index contributed by atoms with van der Waals surface area (Å²) in [5.74, 6) is -2.10. The van der Waals surface area contributed by atoms with E-state index >= 15 is 0 Å². The first-order valence-electron chi connectivity index (χ1n) is 36.5. The van der Waals surface area contributed by atoms with Gasteiger partial charge in [-0.3, -0.25) is 32.7 Å². The number of phosphoric acid groups is 1. The highest BCUT2D eigenvalue weighted by atomic mass is 31.2. The standard InChI is InChI=1S/C69H125N2O26P/c1-5-8-11-14-16-18-19-20-21-22-23-24-26-28-31-39-56(77)92-50(47-89-66(85)49(35-29-13-10-7-3)36-30-27-25-17-15-12-9-6-2)48-91-98(86,87-4)90-43-41-71-55(76)38-33-32-37-54(75)70-40-34-42-88-67-62(83)59(80)64(52(45-73)94-67)97-69-63(84)60(81)65(53(46-74)95-69)96-68-61(82)58(79)57(78)51(44-72)93-68/h20-21,30,36,49-53,57-65,67-69,72-74,78-84H,5-19,22-29,31-35,37-48H2,1-4H3,(H,70,75)(H,71,76)/b21-20-,36-30-/t49?,50-,51?,52?,53?,57+,58+,59-,60-,61?,62?,63?,64-,65+,67-,68-,69+,98?/m1/s1. The van der Waals surface area contributed by atoms with E-state index in [9.17, 15) is 74.8 Å². The van der Waals surface area contributed by atoms with Crippen LogP contribution in [0.1, 0.15) is 220 Å². The summed E-state index contributed by atoms with van der Waals surface area (Å²) in [5, 5.41) is 110. The third-order valence-corrected chi connectivity index (χ3v) is 18.9. The summed E-state index contributed by atoms with van der Waals surface area (Å²) in [4.78, 5) is 52.2. The molecule has 0 bridgehead atoms. The fraction of sp³-hybridized carbons (Fsp3) is 0.884. The van der Waals surface area contributed by atoms with Crippen LogP contribution in [0, 0.1) is 5.92 Å². The molecular weight excluding hydrogens is 1300 g/mol. The van der Waals surface area contributed by atoms with Crippen molar-refractivity contribution in [3.63, 3.8) is 0 Å². The number of aliphatic hydroxyl groups excluding tert-OH is 10. The van der Waals surface area contributed by atoms with Crippen molar-refractivity contribution >= 4 is 31.6 Å². The largest absolute Gasteiger partial charge is 0.474 e. The number of ether oxygens (including phenoxy) is 8. The van der Waals surface area contributed by atoms with Crippen LogP contribution in [0.2, 0.25) is 0 Å². The third kappa shape index (κ3) is 35.3. The molecule has 0 saturated carbocycles. The average Bonchev–Trinajstić information content (AvgIpc) is 0.782. The lowest BCUT2D eigenvalue weighted by Crippen LogP contribution is -2.66. The lowest BCUT2D eigenvalue weighted by atomic mass is 9.96. The first kappa shape index (κ1) is 89.0. The van der Waals surface area contributed by atoms with Gasteiger partial charge in [-0.25, -0.2) is 4.57 Å². The first-order valence-corrected chi connectivity index (χ1v) is 37.9. The predicted molar refractivity (Wildman–Crippen MR) is 360 cm³/mol. The van der Waals surface area contributed by atoms with E-state index in [4.69, 9.17) is 51.5 Å². The van der Waals surface area contributed by atoms with Gasteiger partial charge in [0.15, 0.2) is 25.0 Å². The number of amides is 2. The maximum absolute atomic E-state index is 13.6. The Labute approximate surface area is 581 Å². The second kappa shape index (κ2) is 53.6. The molecule has 98 heavy (non-hydrogen) atoms. The zero-order chi connectivity index (χ0) is 71.9. The van der Waals surface area contributed by atoms with Crippen molar-refractivity contribution in [3.8, 4) is 0 Å². The quantitative estimate of drug-likeness (QED) is 0.0148. The van der Waals surface area contributed by atoms with Crippen molar-refractivity contribution in [2.45, 2.75) is 318 Å². The van der Waals surface area contributed by atoms with Crippen LogP contribution in [-0.4, -0.2) is 239 Å². The van der Waals surface area contributed by atoms with Crippen LogP contribution >= 0.6 is 7.82 Å². The number of carbonyl (C=O) groups is 4. The topological polar surface area (TPSA) is 413 Å². The Morgan fingerprint density at radius 3 is 1.48 bits per heavy atom. The molecule has 8 unspecified atom stereocenters. The van der Waals surface area contributed by atoms with Crippen LogP contribution in [0.5, 0.6) is 0 Å². The highest BCUT2D eigenvalue weighted by Crippen LogP contribution is 2.48. The molecule has 18 atom stereocenters. The van der Waals surface area contributed by atoms with E-state index in [0.717, 1.165) is 90.6 Å². The molecule has 3 rings (SSSR count). The van der Waals surface area contributed by atoms with Gasteiger partial charge in [-0.15, -0.1) is 0 Å². The molecule has 29 heteroatoms. The van der Waals surface area contributed by atoms with Crippen molar-refractivity contribution in [2.24, 2.45) is 5.92 Å². The van der Waals surface area contributed by atoms with E-state index < -0.39 is 150 Å². The van der Waals surface area contributed by atoms with Crippen LogP contribution in [-0.2, 0) is 75.2 Å². The molecule has 3 heterocycles. The molecule has 28 nitrogen and oxygen atoms in total. The molecule has 0 aromatic rings. The van der Waals surface area contributed by atoms with Crippen molar-refractivity contribution in [2.75, 3.05) is 66.4 Å². The number of phosphoric ester groups is 1. The number of hydrogen-bond donors (Lipinski definition) is 12. The van der Waals surface area contributed by atoms with Gasteiger partial charge >= 0.3 is 19.8 Å². The van der Waals surface area contributed by atoms with Crippen LogP contribution in [0.4, 0.5) is 0 Å². The van der Waals surface area contributed by atoms with E-state index in [0.29, 0.717) is 25.7 Å². The van der Waals surface area contributed by atoms with Crippen molar-refractivity contribution < 1.29 is 126 Å². The number of nitrogens with one attached hydrogen (secondary N) is 2. The highest BCUT2D eigenvalue weighted by molar-refractivity contribution is 7.48. The minimum Gasteiger partial charge on any atom is -0.461 e. The van der Waals surface area contributed by atoms with Gasteiger partial charge in [0, 0.05) is 39.5 Å². The summed E-state index contributed by atoms with van der Waals surface area (Å²) in [6.45, 7) is 2.99. The van der Waals surface area contributed by atoms with Gasteiger partial charge in [0.05, 0.1) is 45.6 Å². The van der Waals surface area contributed by atoms with Crippen molar-refractivity contribution in [1.29, 1.82) is 0 Å². The molecule has 0 spiro atoms. The summed E-state index contributed by atoms with van der Waals surface area (Å²) >= 11 is 0. The molecule has 3 aliphatic heterocycles. The monoisotopic (exact) mass is 1430 g/mol. The van der Waals surface area contributed by atoms with Gasteiger partial charge in [0.2, 0.25) is 11.8 Å². The molecule has 0 aliphatic carbocycles. The molecule has 12 N–H and O–H groups in total. The number of esters is 2. The van der Waals surface area contributed by atoms with E-state index in [-0.39, 0.29) is 70.4 Å². The maximum Gasteiger partial charge on any atom is 0.474 e. The molecule has 0 aromatic heterocycles. The Morgan fingerprint density at radius 1 is 0.480 bits per heavy atom. The molecule has 2 amide bonds. The minimum atomic E-state index is -4.26. The van der Waals surface area contributed by atoms with Crippen LogP contribution in [0.15, 0.2) is 24.3 Å². The van der Waals surface area contributed by atoms with Gasteiger partial charge < -0.3 is 99.6 Å². The Hall–Kier alpha value is -3.17. The summed E-state index contributed by atoms with van der Waals surface area (Å²) in [7, 11) is -3.13. The summed E-state index contributed by atoms with van der Waals surface area (Å²) in [6, 6.07) is 0. The second-order valence-corrected chi connectivity index (χ2v) is 27.5. The van der Waals surface area contributed by atoms with Crippen LogP contribution in [0.3, 0.4) is 0 Å². The van der Waals surface area contributed by atoms with E-state index in [1.54, 1.807) is 0 Å². The van der Waals surface area contributed by atoms with Gasteiger partial charge in [-0.2, -0.15) is 0 Å². The number of aliphatic hydroxyl groups is 10. The smallest absolute Gasteiger partial charge is 0.461 e. The predicted octanol–water partition coefficient (Wildman–Crippen LogP) is 5.81. The molecule has 3 saturated heterocycles. The van der Waals surface area contributed by atoms with E-state index in [1.807, 2.05) is 6.08 Å². The lowest BCUT2D eigenvalue weighted by Gasteiger charge is -2.48. The van der Waals surface area contributed by atoms with E-state index in [2.05, 4.69) is 49.6 Å². The first-order chi connectivity index (χ1) is 47.3. The number of allylic oxidation sites excluding steroid dienone is 3.